The summed E-state index contributed by atoms with van der Waals surface area (Å²) in [6, 6.07) is 0. The molecule has 110 valence electrons. The van der Waals surface area contributed by atoms with Crippen LogP contribution < -0.4 is 5.32 Å². The van der Waals surface area contributed by atoms with Crippen molar-refractivity contribution in [3.05, 3.63) is 12.0 Å². The van der Waals surface area contributed by atoms with Crippen LogP contribution in [0.3, 0.4) is 0 Å². The Morgan fingerprint density at radius 1 is 1.50 bits per heavy atom. The highest BCUT2D eigenvalue weighted by Crippen LogP contribution is 2.24. The van der Waals surface area contributed by atoms with Gasteiger partial charge >= 0.3 is 12.1 Å². The van der Waals surface area contributed by atoms with Crippen LogP contribution in [0.25, 0.3) is 0 Å². The predicted octanol–water partition coefficient (Wildman–Crippen LogP) is 1.88. The van der Waals surface area contributed by atoms with Crippen molar-refractivity contribution in [2.24, 2.45) is 5.92 Å². The third-order valence-corrected chi connectivity index (χ3v) is 3.05. The quantitative estimate of drug-likeness (QED) is 0.863. The first kappa shape index (κ1) is 14.4. The lowest BCUT2D eigenvalue weighted by atomic mass is 9.98. The third kappa shape index (κ3) is 3.28. The highest BCUT2D eigenvalue weighted by molar-refractivity contribution is 5.83. The number of hydrogen-bond donors (Lipinski definition) is 2. The van der Waals surface area contributed by atoms with Crippen molar-refractivity contribution in [1.82, 2.24) is 9.55 Å². The molecule has 1 aliphatic heterocycles. The number of carboxylic acids is 1. The number of aromatic nitrogens is 2. The number of rotatable bonds is 2. The number of fused-ring (bicyclic) bond motifs is 1. The third-order valence-electron chi connectivity index (χ3n) is 3.05. The summed E-state index contributed by atoms with van der Waals surface area (Å²) in [5, 5.41) is 11.7. The second kappa shape index (κ2) is 5.15. The van der Waals surface area contributed by atoms with Crippen molar-refractivity contribution in [3.63, 3.8) is 0 Å². The van der Waals surface area contributed by atoms with Crippen molar-refractivity contribution in [2.75, 3.05) is 5.32 Å². The summed E-state index contributed by atoms with van der Waals surface area (Å²) >= 11 is 0. The molecule has 2 heterocycles. The molecule has 1 unspecified atom stereocenters. The number of amides is 1. The van der Waals surface area contributed by atoms with Gasteiger partial charge in [0.2, 0.25) is 0 Å². The second-order valence-corrected chi connectivity index (χ2v) is 5.87. The van der Waals surface area contributed by atoms with Crippen LogP contribution in [-0.4, -0.2) is 32.3 Å². The fraction of sp³-hybridized carbons (Fsp3) is 0.615. The van der Waals surface area contributed by atoms with E-state index in [0.29, 0.717) is 31.0 Å². The standard InChI is InChI=1S/C13H19N3O4/c1-13(2,3)20-12(19)15-10-7-14-9-6-8(11(17)18)4-5-16(9)10/h7-8H,4-6H2,1-3H3,(H,15,19)(H,17,18). The van der Waals surface area contributed by atoms with Crippen LogP contribution in [0.4, 0.5) is 10.6 Å². The van der Waals surface area contributed by atoms with Crippen molar-refractivity contribution < 1.29 is 19.4 Å². The minimum Gasteiger partial charge on any atom is -0.481 e. The second-order valence-electron chi connectivity index (χ2n) is 5.87. The first-order valence-corrected chi connectivity index (χ1v) is 6.53. The number of aliphatic carboxylic acids is 1. The number of carboxylic acid groups (broad SMARTS) is 1. The average Bonchev–Trinajstić information content (AvgIpc) is 2.69. The van der Waals surface area contributed by atoms with Gasteiger partial charge in [-0.05, 0) is 27.2 Å². The zero-order valence-corrected chi connectivity index (χ0v) is 11.8. The van der Waals surface area contributed by atoms with Gasteiger partial charge in [0, 0.05) is 13.0 Å². The number of ether oxygens (including phenoxy) is 1. The van der Waals surface area contributed by atoms with Gasteiger partial charge in [0.15, 0.2) is 0 Å². The maximum Gasteiger partial charge on any atom is 0.413 e. The number of nitrogens with zero attached hydrogens (tertiary/aromatic N) is 2. The van der Waals surface area contributed by atoms with E-state index in [1.54, 1.807) is 20.8 Å². The summed E-state index contributed by atoms with van der Waals surface area (Å²) < 4.78 is 7.00. The van der Waals surface area contributed by atoms with E-state index in [1.807, 2.05) is 4.57 Å². The van der Waals surface area contributed by atoms with Crippen LogP contribution in [-0.2, 0) is 22.5 Å². The Kier molecular flexibility index (Phi) is 3.69. The monoisotopic (exact) mass is 281 g/mol. The number of anilines is 1. The lowest BCUT2D eigenvalue weighted by Gasteiger charge is -2.23. The van der Waals surface area contributed by atoms with Gasteiger partial charge in [0.05, 0.1) is 12.1 Å². The van der Waals surface area contributed by atoms with Gasteiger partial charge in [0.1, 0.15) is 17.2 Å². The summed E-state index contributed by atoms with van der Waals surface area (Å²) in [7, 11) is 0. The molecule has 1 aromatic rings. The number of nitrogens with one attached hydrogen (secondary N) is 1. The van der Waals surface area contributed by atoms with Gasteiger partial charge in [-0.3, -0.25) is 10.1 Å². The first-order chi connectivity index (χ1) is 9.26. The molecule has 0 saturated heterocycles. The van der Waals surface area contributed by atoms with Crippen LogP contribution >= 0.6 is 0 Å². The van der Waals surface area contributed by atoms with E-state index in [4.69, 9.17) is 9.84 Å². The molecule has 0 bridgehead atoms. The smallest absolute Gasteiger partial charge is 0.413 e. The topological polar surface area (TPSA) is 93.5 Å². The molecule has 1 aromatic heterocycles. The minimum absolute atomic E-state index is 0.380. The van der Waals surface area contributed by atoms with Crippen molar-refractivity contribution in [3.8, 4) is 0 Å². The molecular weight excluding hydrogens is 262 g/mol. The molecule has 7 heteroatoms. The number of carbonyl (C=O) groups excluding carboxylic acids is 1. The van der Waals surface area contributed by atoms with E-state index in [9.17, 15) is 9.59 Å². The molecule has 2 rings (SSSR count). The van der Waals surface area contributed by atoms with Gasteiger partial charge in [-0.15, -0.1) is 0 Å². The largest absolute Gasteiger partial charge is 0.481 e. The molecule has 0 radical (unpaired) electrons. The van der Waals surface area contributed by atoms with E-state index in [2.05, 4.69) is 10.3 Å². The van der Waals surface area contributed by atoms with Crippen molar-refractivity contribution >= 4 is 17.9 Å². The van der Waals surface area contributed by atoms with Crippen molar-refractivity contribution in [2.45, 2.75) is 45.8 Å². The SMILES string of the molecule is CC(C)(C)OC(=O)Nc1cnc2n1CCC(C(=O)O)C2. The van der Waals surface area contributed by atoms with E-state index in [0.717, 1.165) is 0 Å². The molecule has 0 fully saturated rings. The molecule has 0 aliphatic carbocycles. The molecule has 20 heavy (non-hydrogen) atoms. The Bertz CT molecular complexity index is 530. The van der Waals surface area contributed by atoms with Crippen LogP contribution in [0.15, 0.2) is 6.20 Å². The molecular formula is C13H19N3O4. The molecule has 2 N–H and O–H groups in total. The Hall–Kier alpha value is -2.05. The summed E-state index contributed by atoms with van der Waals surface area (Å²) in [4.78, 5) is 26.9. The van der Waals surface area contributed by atoms with E-state index in [-0.39, 0.29) is 0 Å². The zero-order valence-electron chi connectivity index (χ0n) is 11.8. The molecule has 1 amide bonds. The number of imidazole rings is 1. The van der Waals surface area contributed by atoms with E-state index in [1.165, 1.54) is 6.20 Å². The predicted molar refractivity (Wildman–Crippen MR) is 71.5 cm³/mol. The molecule has 7 nitrogen and oxygen atoms in total. The number of hydrogen-bond acceptors (Lipinski definition) is 4. The van der Waals surface area contributed by atoms with Gasteiger partial charge in [-0.25, -0.2) is 9.78 Å². The molecule has 0 spiro atoms. The summed E-state index contributed by atoms with van der Waals surface area (Å²) in [5.74, 6) is 0.00738. The Balaban J connectivity index is 2.06. The molecule has 0 saturated carbocycles. The van der Waals surface area contributed by atoms with Gasteiger partial charge in [-0.1, -0.05) is 0 Å². The van der Waals surface area contributed by atoms with Gasteiger partial charge in [-0.2, -0.15) is 0 Å². The first-order valence-electron chi connectivity index (χ1n) is 6.53. The van der Waals surface area contributed by atoms with Gasteiger partial charge in [0.25, 0.3) is 0 Å². The van der Waals surface area contributed by atoms with E-state index < -0.39 is 23.6 Å². The zero-order chi connectivity index (χ0) is 14.9. The Morgan fingerprint density at radius 3 is 2.80 bits per heavy atom. The van der Waals surface area contributed by atoms with Crippen LogP contribution in [0.5, 0.6) is 0 Å². The fourth-order valence-corrected chi connectivity index (χ4v) is 2.15. The maximum absolute atomic E-state index is 11.7. The highest BCUT2D eigenvalue weighted by Gasteiger charge is 2.27. The van der Waals surface area contributed by atoms with E-state index >= 15 is 0 Å². The molecule has 0 aromatic carbocycles. The Labute approximate surface area is 116 Å². The lowest BCUT2D eigenvalue weighted by molar-refractivity contribution is -0.142. The number of carbonyl (C=O) groups is 2. The molecule has 1 atom stereocenters. The molecule has 1 aliphatic rings. The fourth-order valence-electron chi connectivity index (χ4n) is 2.15. The Morgan fingerprint density at radius 2 is 2.20 bits per heavy atom. The van der Waals surface area contributed by atoms with Gasteiger partial charge < -0.3 is 14.4 Å². The normalized spacial score (nSPS) is 18.2. The van der Waals surface area contributed by atoms with Crippen LogP contribution in [0.2, 0.25) is 0 Å². The average molecular weight is 281 g/mol. The minimum atomic E-state index is -0.805. The highest BCUT2D eigenvalue weighted by atomic mass is 16.6. The summed E-state index contributed by atoms with van der Waals surface area (Å²) in [6.07, 6.45) is 1.90. The maximum atomic E-state index is 11.7. The summed E-state index contributed by atoms with van der Waals surface area (Å²) in [5.41, 5.74) is -0.566. The van der Waals surface area contributed by atoms with Crippen LogP contribution in [0, 0.1) is 5.92 Å². The van der Waals surface area contributed by atoms with Crippen molar-refractivity contribution in [1.29, 1.82) is 0 Å². The summed E-state index contributed by atoms with van der Waals surface area (Å²) in [6.45, 7) is 5.89. The lowest BCUT2D eigenvalue weighted by Crippen LogP contribution is -2.29. The van der Waals surface area contributed by atoms with Crippen LogP contribution in [0.1, 0.15) is 33.0 Å².